The third-order valence-electron chi connectivity index (χ3n) is 5.17. The largest absolute Gasteiger partial charge is 0.359 e. The summed E-state index contributed by atoms with van der Waals surface area (Å²) in [5.41, 5.74) is 2.38. The molecule has 0 aromatic heterocycles. The molecule has 0 saturated heterocycles. The molecule has 3 amide bonds. The number of nitrogens with one attached hydrogen (secondary N) is 2. The van der Waals surface area contributed by atoms with Crippen LogP contribution in [0.25, 0.3) is 0 Å². The SMILES string of the molecule is C[C@@H]1CCc2ccccc2N1CC(=O)NC(=O)NC1CCCCC1. The predicted molar refractivity (Wildman–Crippen MR) is 95.1 cm³/mol. The quantitative estimate of drug-likeness (QED) is 0.896. The maximum absolute atomic E-state index is 12.3. The van der Waals surface area contributed by atoms with Gasteiger partial charge in [-0.3, -0.25) is 10.1 Å². The number of aryl methyl sites for hydroxylation is 1. The van der Waals surface area contributed by atoms with Gasteiger partial charge in [0.05, 0.1) is 6.54 Å². The molecule has 1 heterocycles. The van der Waals surface area contributed by atoms with Crippen LogP contribution in [0, 0.1) is 0 Å². The van der Waals surface area contributed by atoms with Crippen molar-refractivity contribution < 1.29 is 9.59 Å². The molecular formula is C19H27N3O2. The lowest BCUT2D eigenvalue weighted by Crippen LogP contribution is -2.50. The number of hydrogen-bond donors (Lipinski definition) is 2. The number of imide groups is 1. The molecule has 1 saturated carbocycles. The second-order valence-corrected chi connectivity index (χ2v) is 7.00. The number of para-hydroxylation sites is 1. The molecule has 1 fully saturated rings. The van der Waals surface area contributed by atoms with E-state index in [1.165, 1.54) is 12.0 Å². The number of carbonyl (C=O) groups excluding carboxylic acids is 2. The monoisotopic (exact) mass is 329 g/mol. The molecule has 1 aromatic carbocycles. The highest BCUT2D eigenvalue weighted by molar-refractivity contribution is 5.96. The zero-order valence-electron chi connectivity index (χ0n) is 14.4. The number of anilines is 1. The fraction of sp³-hybridized carbons (Fsp3) is 0.579. The summed E-state index contributed by atoms with van der Waals surface area (Å²) in [6.07, 6.45) is 7.64. The predicted octanol–water partition coefficient (Wildman–Crippen LogP) is 2.99. The van der Waals surface area contributed by atoms with Crippen LogP contribution in [0.1, 0.15) is 51.0 Å². The normalized spacial score (nSPS) is 21.0. The van der Waals surface area contributed by atoms with Crippen LogP contribution in [-0.4, -0.2) is 30.6 Å². The number of urea groups is 1. The third kappa shape index (κ3) is 4.08. The van der Waals surface area contributed by atoms with E-state index in [1.807, 2.05) is 12.1 Å². The van der Waals surface area contributed by atoms with Gasteiger partial charge in [-0.05, 0) is 44.2 Å². The van der Waals surface area contributed by atoms with Gasteiger partial charge in [-0.1, -0.05) is 37.5 Å². The zero-order chi connectivity index (χ0) is 16.9. The lowest BCUT2D eigenvalue weighted by molar-refractivity contribution is -0.118. The molecule has 0 radical (unpaired) electrons. The van der Waals surface area contributed by atoms with Crippen LogP contribution in [0.3, 0.4) is 0 Å². The third-order valence-corrected chi connectivity index (χ3v) is 5.17. The summed E-state index contributed by atoms with van der Waals surface area (Å²) in [6.45, 7) is 2.35. The molecule has 3 rings (SSSR count). The highest BCUT2D eigenvalue weighted by Crippen LogP contribution is 2.29. The summed E-state index contributed by atoms with van der Waals surface area (Å²) in [4.78, 5) is 26.4. The van der Waals surface area contributed by atoms with Crippen LogP contribution in [-0.2, 0) is 11.2 Å². The van der Waals surface area contributed by atoms with Crippen molar-refractivity contribution in [2.75, 3.05) is 11.4 Å². The van der Waals surface area contributed by atoms with Crippen LogP contribution in [0.15, 0.2) is 24.3 Å². The van der Waals surface area contributed by atoms with Gasteiger partial charge in [0, 0.05) is 17.8 Å². The van der Waals surface area contributed by atoms with Gasteiger partial charge in [-0.2, -0.15) is 0 Å². The lowest BCUT2D eigenvalue weighted by atomic mass is 9.96. The first-order valence-corrected chi connectivity index (χ1v) is 9.08. The van der Waals surface area contributed by atoms with E-state index in [-0.39, 0.29) is 24.5 Å². The van der Waals surface area contributed by atoms with E-state index in [2.05, 4.69) is 34.6 Å². The highest BCUT2D eigenvalue weighted by Gasteiger charge is 2.25. The molecule has 5 nitrogen and oxygen atoms in total. The zero-order valence-corrected chi connectivity index (χ0v) is 14.4. The van der Waals surface area contributed by atoms with Crippen molar-refractivity contribution >= 4 is 17.6 Å². The summed E-state index contributed by atoms with van der Waals surface area (Å²) in [6, 6.07) is 8.35. The van der Waals surface area contributed by atoms with E-state index in [0.29, 0.717) is 6.04 Å². The van der Waals surface area contributed by atoms with Gasteiger partial charge in [-0.25, -0.2) is 4.79 Å². The molecule has 1 aliphatic carbocycles. The van der Waals surface area contributed by atoms with E-state index in [1.54, 1.807) is 0 Å². The number of hydrogen-bond acceptors (Lipinski definition) is 3. The average molecular weight is 329 g/mol. The molecule has 5 heteroatoms. The maximum Gasteiger partial charge on any atom is 0.321 e. The first-order valence-electron chi connectivity index (χ1n) is 9.08. The molecule has 1 atom stereocenters. The topological polar surface area (TPSA) is 61.4 Å². The van der Waals surface area contributed by atoms with Crippen LogP contribution in [0.2, 0.25) is 0 Å². The Labute approximate surface area is 143 Å². The Morgan fingerprint density at radius 1 is 1.12 bits per heavy atom. The van der Waals surface area contributed by atoms with Crippen molar-refractivity contribution in [3.05, 3.63) is 29.8 Å². The first kappa shape index (κ1) is 16.8. The maximum atomic E-state index is 12.3. The molecule has 0 unspecified atom stereocenters. The molecule has 0 bridgehead atoms. The van der Waals surface area contributed by atoms with E-state index < -0.39 is 0 Å². The number of rotatable bonds is 3. The van der Waals surface area contributed by atoms with Gasteiger partial charge in [0.1, 0.15) is 0 Å². The Bertz CT molecular complexity index is 596. The molecule has 1 aliphatic heterocycles. The van der Waals surface area contributed by atoms with Crippen molar-refractivity contribution in [1.29, 1.82) is 0 Å². The Morgan fingerprint density at radius 3 is 2.67 bits per heavy atom. The van der Waals surface area contributed by atoms with Crippen LogP contribution < -0.4 is 15.5 Å². The fourth-order valence-electron chi connectivity index (χ4n) is 3.79. The smallest absolute Gasteiger partial charge is 0.321 e. The number of benzene rings is 1. The lowest BCUT2D eigenvalue weighted by Gasteiger charge is -2.36. The van der Waals surface area contributed by atoms with Crippen molar-refractivity contribution in [1.82, 2.24) is 10.6 Å². The molecule has 24 heavy (non-hydrogen) atoms. The standard InChI is InChI=1S/C19H27N3O2/c1-14-11-12-15-7-5-6-10-17(15)22(14)13-18(23)21-19(24)20-16-8-3-2-4-9-16/h5-7,10,14,16H,2-4,8-9,11-13H2,1H3,(H2,20,21,23,24)/t14-/m1/s1. The van der Waals surface area contributed by atoms with Gasteiger partial charge < -0.3 is 10.2 Å². The van der Waals surface area contributed by atoms with E-state index in [4.69, 9.17) is 0 Å². The van der Waals surface area contributed by atoms with Crippen LogP contribution >= 0.6 is 0 Å². The summed E-state index contributed by atoms with van der Waals surface area (Å²) in [5, 5.41) is 5.42. The van der Waals surface area contributed by atoms with Gasteiger partial charge in [0.2, 0.25) is 5.91 Å². The molecule has 130 valence electrons. The fourth-order valence-corrected chi connectivity index (χ4v) is 3.79. The van der Waals surface area contributed by atoms with Crippen molar-refractivity contribution in [3.63, 3.8) is 0 Å². The Balaban J connectivity index is 1.55. The van der Waals surface area contributed by atoms with Crippen LogP contribution in [0.5, 0.6) is 0 Å². The van der Waals surface area contributed by atoms with Gasteiger partial charge in [-0.15, -0.1) is 0 Å². The summed E-state index contributed by atoms with van der Waals surface area (Å²) in [7, 11) is 0. The second kappa shape index (κ2) is 7.69. The summed E-state index contributed by atoms with van der Waals surface area (Å²) >= 11 is 0. The first-order chi connectivity index (χ1) is 11.6. The van der Waals surface area contributed by atoms with Crippen LogP contribution in [0.4, 0.5) is 10.5 Å². The van der Waals surface area contributed by atoms with Crippen molar-refractivity contribution in [2.24, 2.45) is 0 Å². The second-order valence-electron chi connectivity index (χ2n) is 7.00. The minimum absolute atomic E-state index is 0.209. The molecule has 1 aromatic rings. The number of amides is 3. The van der Waals surface area contributed by atoms with Gasteiger partial charge in [0.15, 0.2) is 0 Å². The highest BCUT2D eigenvalue weighted by atomic mass is 16.2. The van der Waals surface area contributed by atoms with E-state index in [0.717, 1.165) is 44.2 Å². The molecular weight excluding hydrogens is 302 g/mol. The van der Waals surface area contributed by atoms with Crippen molar-refractivity contribution in [3.8, 4) is 0 Å². The number of fused-ring (bicyclic) bond motifs is 1. The Morgan fingerprint density at radius 2 is 1.88 bits per heavy atom. The Hall–Kier alpha value is -2.04. The summed E-state index contributed by atoms with van der Waals surface area (Å²) < 4.78 is 0. The molecule has 0 spiro atoms. The van der Waals surface area contributed by atoms with Crippen molar-refractivity contribution in [2.45, 2.75) is 64.0 Å². The number of carbonyl (C=O) groups is 2. The average Bonchev–Trinajstić information content (AvgIpc) is 2.58. The Kier molecular flexibility index (Phi) is 5.38. The summed E-state index contributed by atoms with van der Waals surface area (Å²) in [5.74, 6) is -0.244. The minimum atomic E-state index is -0.357. The molecule has 2 N–H and O–H groups in total. The minimum Gasteiger partial charge on any atom is -0.359 e. The van der Waals surface area contributed by atoms with E-state index in [9.17, 15) is 9.59 Å². The van der Waals surface area contributed by atoms with Gasteiger partial charge in [0.25, 0.3) is 0 Å². The number of nitrogens with zero attached hydrogens (tertiary/aromatic N) is 1. The van der Waals surface area contributed by atoms with E-state index >= 15 is 0 Å². The van der Waals surface area contributed by atoms with Gasteiger partial charge >= 0.3 is 6.03 Å². The molecule has 2 aliphatic rings.